The monoisotopic (exact) mass is 122 g/mol. The molecule has 0 nitrogen and oxygen atoms in total. The van der Waals surface area contributed by atoms with Gasteiger partial charge < -0.3 is 0 Å². The molecule has 2 atom stereocenters. The molecule has 0 bridgehead atoms. The topological polar surface area (TPSA) is 0 Å². The molecule has 0 spiro atoms. The maximum Gasteiger partial charge on any atom is -0.0320 e. The molecule has 2 unspecified atom stereocenters. The van der Waals surface area contributed by atoms with Crippen molar-refractivity contribution in [2.24, 2.45) is 0 Å². The maximum absolute atomic E-state index is 2.35. The van der Waals surface area contributed by atoms with Gasteiger partial charge in [-0.3, -0.25) is 0 Å². The summed E-state index contributed by atoms with van der Waals surface area (Å²) in [5.74, 6) is 0. The Morgan fingerprint density at radius 3 is 2.17 bits per heavy atom. The predicted molar refractivity (Wildman–Crippen MR) is 37.6 cm³/mol. The summed E-state index contributed by atoms with van der Waals surface area (Å²) in [6, 6.07) is 0. The third kappa shape index (κ3) is 3.07. The second-order valence-electron chi connectivity index (χ2n) is 1.24. The van der Waals surface area contributed by atoms with Crippen molar-refractivity contribution in [2.45, 2.75) is 6.92 Å². The third-order valence-corrected chi connectivity index (χ3v) is 5.81. The summed E-state index contributed by atoms with van der Waals surface area (Å²) in [6.07, 6.45) is 1.41. The summed E-state index contributed by atoms with van der Waals surface area (Å²) in [5, 5.41) is 0. The van der Waals surface area contributed by atoms with E-state index in [4.69, 9.17) is 0 Å². The fraction of sp³-hybridized carbons (Fsp3) is 1.00. The summed E-state index contributed by atoms with van der Waals surface area (Å²) < 4.78 is 0. The van der Waals surface area contributed by atoms with E-state index >= 15 is 0 Å². The van der Waals surface area contributed by atoms with E-state index in [0.29, 0.717) is 7.61 Å². The molecule has 0 heterocycles. The van der Waals surface area contributed by atoms with E-state index in [1.807, 2.05) is 0 Å². The highest BCUT2D eigenvalue weighted by Gasteiger charge is 1.86. The Hall–Kier alpha value is 0.860. The summed E-state index contributed by atoms with van der Waals surface area (Å²) in [5.41, 5.74) is 0. The van der Waals surface area contributed by atoms with Gasteiger partial charge in [-0.1, -0.05) is 22.8 Å². The first-order valence-corrected chi connectivity index (χ1v) is 6.51. The second kappa shape index (κ2) is 4.03. The largest absolute Gasteiger partial charge is 0.0995 e. The molecule has 0 amide bonds. The van der Waals surface area contributed by atoms with Crippen LogP contribution in [0, 0.1) is 0 Å². The Morgan fingerprint density at radius 2 is 2.17 bits per heavy atom. The zero-order valence-electron chi connectivity index (χ0n) is 4.65. The molecule has 0 saturated heterocycles. The lowest BCUT2D eigenvalue weighted by Crippen LogP contribution is -1.61. The van der Waals surface area contributed by atoms with Crippen LogP contribution in [0.2, 0.25) is 0 Å². The van der Waals surface area contributed by atoms with Crippen LogP contribution in [0.4, 0.5) is 0 Å². The first kappa shape index (κ1) is 6.86. The molecule has 6 heavy (non-hydrogen) atoms. The Morgan fingerprint density at radius 1 is 1.67 bits per heavy atom. The van der Waals surface area contributed by atoms with E-state index in [1.165, 1.54) is 14.4 Å². The molecule has 0 aromatic carbocycles. The van der Waals surface area contributed by atoms with Gasteiger partial charge in [0.25, 0.3) is 0 Å². The van der Waals surface area contributed by atoms with Crippen LogP contribution in [0.15, 0.2) is 0 Å². The van der Waals surface area contributed by atoms with Crippen LogP contribution >= 0.6 is 15.9 Å². The fourth-order valence-corrected chi connectivity index (χ4v) is 1.42. The van der Waals surface area contributed by atoms with Gasteiger partial charge in [-0.05, 0) is 19.5 Å². The number of rotatable bonds is 2. The van der Waals surface area contributed by atoms with Crippen molar-refractivity contribution in [3.63, 3.8) is 0 Å². The molecule has 0 aromatic heterocycles. The standard InChI is InChI=1S/C4H12P2/c1-4-6(3)5-2/h5H,4H2,1-3H3. The Balaban J connectivity index is 2.75. The summed E-state index contributed by atoms with van der Waals surface area (Å²) in [4.78, 5) is 0. The van der Waals surface area contributed by atoms with Crippen molar-refractivity contribution in [3.8, 4) is 0 Å². The predicted octanol–water partition coefficient (Wildman–Crippen LogP) is 2.34. The molecule has 0 saturated carbocycles. The molecule has 2 heteroatoms. The van der Waals surface area contributed by atoms with Crippen molar-refractivity contribution in [1.82, 2.24) is 0 Å². The van der Waals surface area contributed by atoms with Crippen molar-refractivity contribution in [3.05, 3.63) is 0 Å². The lowest BCUT2D eigenvalue weighted by Gasteiger charge is -2.00. The van der Waals surface area contributed by atoms with Gasteiger partial charge >= 0.3 is 0 Å². The van der Waals surface area contributed by atoms with E-state index in [1.54, 1.807) is 0 Å². The molecular weight excluding hydrogens is 110 g/mol. The van der Waals surface area contributed by atoms with Gasteiger partial charge in [-0.2, -0.15) is 0 Å². The van der Waals surface area contributed by atoms with E-state index in [9.17, 15) is 0 Å². The minimum atomic E-state index is 0.452. The molecule has 0 rings (SSSR count). The van der Waals surface area contributed by atoms with Gasteiger partial charge in [0.1, 0.15) is 0 Å². The molecule has 38 valence electrons. The molecular formula is C4H12P2. The average Bonchev–Trinajstić information content (AvgIpc) is 1.65. The molecule has 0 aliphatic rings. The second-order valence-corrected chi connectivity index (χ2v) is 7.35. The summed E-state index contributed by atoms with van der Waals surface area (Å²) in [7, 11) is 1.65. The van der Waals surface area contributed by atoms with Crippen LogP contribution in [0.1, 0.15) is 6.92 Å². The number of hydrogen-bond acceptors (Lipinski definition) is 0. The zero-order valence-corrected chi connectivity index (χ0v) is 6.55. The zero-order chi connectivity index (χ0) is 4.99. The summed E-state index contributed by atoms with van der Waals surface area (Å²) in [6.45, 7) is 6.91. The highest BCUT2D eigenvalue weighted by Crippen LogP contribution is 2.48. The van der Waals surface area contributed by atoms with Crippen LogP contribution in [0.25, 0.3) is 0 Å². The van der Waals surface area contributed by atoms with Crippen LogP contribution in [0.5, 0.6) is 0 Å². The van der Waals surface area contributed by atoms with Crippen LogP contribution in [-0.4, -0.2) is 19.5 Å². The van der Waals surface area contributed by atoms with Crippen LogP contribution in [0.3, 0.4) is 0 Å². The van der Waals surface area contributed by atoms with E-state index < -0.39 is 0 Å². The van der Waals surface area contributed by atoms with Gasteiger partial charge in [-0.15, -0.1) is 0 Å². The van der Waals surface area contributed by atoms with E-state index in [0.717, 1.165) is 0 Å². The van der Waals surface area contributed by atoms with Gasteiger partial charge in [0, 0.05) is 0 Å². The highest BCUT2D eigenvalue weighted by atomic mass is 32.0. The first-order chi connectivity index (χ1) is 2.81. The van der Waals surface area contributed by atoms with Crippen molar-refractivity contribution < 1.29 is 0 Å². The molecule has 0 radical (unpaired) electrons. The quantitative estimate of drug-likeness (QED) is 0.493. The Bertz CT molecular complexity index is 24.7. The fourth-order valence-electron chi connectivity index (χ4n) is 0.158. The van der Waals surface area contributed by atoms with Crippen LogP contribution < -0.4 is 0 Å². The van der Waals surface area contributed by atoms with E-state index in [2.05, 4.69) is 20.3 Å². The lowest BCUT2D eigenvalue weighted by molar-refractivity contribution is 1.51. The number of hydrogen-bond donors (Lipinski definition) is 0. The van der Waals surface area contributed by atoms with Gasteiger partial charge in [0.2, 0.25) is 0 Å². The molecule has 0 aliphatic heterocycles. The van der Waals surface area contributed by atoms with Gasteiger partial charge in [0.15, 0.2) is 0 Å². The average molecular weight is 122 g/mol. The molecule has 0 aliphatic carbocycles. The van der Waals surface area contributed by atoms with Crippen molar-refractivity contribution in [1.29, 1.82) is 0 Å². The summed E-state index contributed by atoms with van der Waals surface area (Å²) >= 11 is 0. The van der Waals surface area contributed by atoms with Gasteiger partial charge in [-0.25, -0.2) is 0 Å². The first-order valence-electron chi connectivity index (χ1n) is 2.19. The maximum atomic E-state index is 2.35. The van der Waals surface area contributed by atoms with Gasteiger partial charge in [0.05, 0.1) is 0 Å². The minimum Gasteiger partial charge on any atom is -0.0995 e. The van der Waals surface area contributed by atoms with Crippen molar-refractivity contribution in [2.75, 3.05) is 19.5 Å². The Kier molecular flexibility index (Phi) is 4.61. The normalized spacial score (nSPS) is 16.5. The molecule has 0 aromatic rings. The molecule has 0 N–H and O–H groups in total. The lowest BCUT2D eigenvalue weighted by atomic mass is 11.0. The minimum absolute atomic E-state index is 0.452. The van der Waals surface area contributed by atoms with E-state index in [-0.39, 0.29) is 0 Å². The third-order valence-electron chi connectivity index (χ3n) is 0.856. The Labute approximate surface area is 43.1 Å². The smallest absolute Gasteiger partial charge is 0.0320 e. The highest BCUT2D eigenvalue weighted by molar-refractivity contribution is 8.20. The van der Waals surface area contributed by atoms with Crippen LogP contribution in [-0.2, 0) is 0 Å². The molecule has 0 fully saturated rings. The SMILES string of the molecule is CCP(C)PC. The van der Waals surface area contributed by atoms with Crippen molar-refractivity contribution >= 4 is 15.9 Å².